The monoisotopic (exact) mass is 444 g/mol. The molecule has 2 fully saturated rings. The van der Waals surface area contributed by atoms with Crippen LogP contribution in [0, 0.1) is 6.92 Å². The molecule has 3 rings (SSSR count). The molecule has 0 aliphatic carbocycles. The summed E-state index contributed by atoms with van der Waals surface area (Å²) in [5.74, 6) is -0.0564. The zero-order valence-electron chi connectivity index (χ0n) is 20.9. The maximum Gasteiger partial charge on any atom is 0.495 e. The largest absolute Gasteiger partial charge is 0.495 e. The van der Waals surface area contributed by atoms with Gasteiger partial charge >= 0.3 is 13.2 Å². The lowest BCUT2D eigenvalue weighted by molar-refractivity contribution is 0.00578. The third kappa shape index (κ3) is 4.96. The Bertz CT molecular complexity index is 877. The van der Waals surface area contributed by atoms with Crippen LogP contribution in [0.4, 0.5) is 4.79 Å². The van der Waals surface area contributed by atoms with Gasteiger partial charge in [0.2, 0.25) is 0 Å². The molecule has 2 heterocycles. The second kappa shape index (κ2) is 8.38. The normalized spacial score (nSPS) is 22.8. The molecule has 2 aliphatic heterocycles. The van der Waals surface area contributed by atoms with Crippen LogP contribution in [0.2, 0.25) is 0 Å². The number of carbonyl (C=O) groups is 2. The molecule has 32 heavy (non-hydrogen) atoms. The number of aryl methyl sites for hydroxylation is 1. The number of piperazine rings is 1. The fourth-order valence-corrected chi connectivity index (χ4v) is 3.91. The van der Waals surface area contributed by atoms with Crippen LogP contribution < -0.4 is 5.46 Å². The van der Waals surface area contributed by atoms with E-state index < -0.39 is 23.9 Å². The molecule has 0 aromatic heterocycles. The van der Waals surface area contributed by atoms with Crippen molar-refractivity contribution < 1.29 is 23.6 Å². The Labute approximate surface area is 192 Å². The first-order chi connectivity index (χ1) is 14.6. The summed E-state index contributed by atoms with van der Waals surface area (Å²) in [7, 11) is -0.519. The highest BCUT2D eigenvalue weighted by Gasteiger charge is 2.52. The van der Waals surface area contributed by atoms with Crippen LogP contribution in [0.25, 0.3) is 0 Å². The minimum absolute atomic E-state index is 0.0564. The van der Waals surface area contributed by atoms with Gasteiger partial charge in [-0.1, -0.05) is 11.6 Å². The van der Waals surface area contributed by atoms with Crippen LogP contribution in [0.15, 0.2) is 18.2 Å². The van der Waals surface area contributed by atoms with Gasteiger partial charge in [-0.05, 0) is 79.9 Å². The molecule has 0 saturated carbocycles. The number of ether oxygens (including phenoxy) is 1. The Morgan fingerprint density at radius 2 is 1.69 bits per heavy atom. The second-order valence-electron chi connectivity index (χ2n) is 10.9. The van der Waals surface area contributed by atoms with Crippen LogP contribution >= 0.6 is 0 Å². The molecule has 7 nitrogen and oxygen atoms in total. The number of nitrogens with zero attached hydrogens (tertiary/aromatic N) is 2. The molecule has 0 spiro atoms. The van der Waals surface area contributed by atoms with Gasteiger partial charge < -0.3 is 23.8 Å². The van der Waals surface area contributed by atoms with Crippen molar-refractivity contribution in [3.8, 4) is 0 Å². The molecular weight excluding hydrogens is 407 g/mol. The summed E-state index contributed by atoms with van der Waals surface area (Å²) >= 11 is 0. The quantitative estimate of drug-likeness (QED) is 0.655. The van der Waals surface area contributed by atoms with Crippen LogP contribution in [-0.2, 0) is 14.0 Å². The lowest BCUT2D eigenvalue weighted by Gasteiger charge is -2.40. The van der Waals surface area contributed by atoms with Crippen LogP contribution in [-0.4, -0.2) is 71.4 Å². The van der Waals surface area contributed by atoms with Gasteiger partial charge in [0.05, 0.1) is 11.2 Å². The van der Waals surface area contributed by atoms with E-state index in [0.717, 1.165) is 11.0 Å². The van der Waals surface area contributed by atoms with Gasteiger partial charge in [-0.15, -0.1) is 0 Å². The first-order valence-electron chi connectivity index (χ1n) is 11.4. The maximum absolute atomic E-state index is 13.4. The lowest BCUT2D eigenvalue weighted by Crippen LogP contribution is -2.56. The van der Waals surface area contributed by atoms with Gasteiger partial charge in [-0.25, -0.2) is 4.79 Å². The fourth-order valence-electron chi connectivity index (χ4n) is 3.91. The summed E-state index contributed by atoms with van der Waals surface area (Å²) in [6, 6.07) is 5.55. The van der Waals surface area contributed by atoms with Crippen molar-refractivity contribution in [2.24, 2.45) is 0 Å². The van der Waals surface area contributed by atoms with Crippen LogP contribution in [0.5, 0.6) is 0 Å². The molecular formula is C24H37BN2O5. The number of benzene rings is 1. The Balaban J connectivity index is 1.74. The molecule has 2 amide bonds. The maximum atomic E-state index is 13.4. The zero-order chi connectivity index (χ0) is 24.1. The molecule has 176 valence electrons. The van der Waals surface area contributed by atoms with Crippen molar-refractivity contribution in [1.29, 1.82) is 0 Å². The van der Waals surface area contributed by atoms with E-state index in [0.29, 0.717) is 25.2 Å². The molecule has 8 heteroatoms. The topological polar surface area (TPSA) is 68.3 Å². The predicted molar refractivity (Wildman–Crippen MR) is 125 cm³/mol. The zero-order valence-corrected chi connectivity index (χ0v) is 20.9. The number of rotatable bonds is 2. The van der Waals surface area contributed by atoms with Crippen molar-refractivity contribution >= 4 is 24.6 Å². The van der Waals surface area contributed by atoms with E-state index in [9.17, 15) is 9.59 Å². The molecule has 1 atom stereocenters. The first-order valence-corrected chi connectivity index (χ1v) is 11.4. The van der Waals surface area contributed by atoms with Crippen molar-refractivity contribution in [1.82, 2.24) is 9.80 Å². The predicted octanol–water partition coefficient (Wildman–Crippen LogP) is 3.38. The molecule has 1 aromatic carbocycles. The first kappa shape index (κ1) is 24.6. The highest BCUT2D eigenvalue weighted by molar-refractivity contribution is 6.62. The molecule has 0 radical (unpaired) electrons. The van der Waals surface area contributed by atoms with E-state index in [-0.39, 0.29) is 18.0 Å². The van der Waals surface area contributed by atoms with Crippen molar-refractivity contribution in [2.75, 3.05) is 19.6 Å². The van der Waals surface area contributed by atoms with E-state index >= 15 is 0 Å². The molecule has 2 aliphatic rings. The lowest BCUT2D eigenvalue weighted by atomic mass is 9.75. The Morgan fingerprint density at radius 3 is 2.22 bits per heavy atom. The summed E-state index contributed by atoms with van der Waals surface area (Å²) in [6.07, 6.45) is -0.338. The average molecular weight is 444 g/mol. The molecule has 1 aromatic rings. The van der Waals surface area contributed by atoms with Gasteiger partial charge in [-0.2, -0.15) is 0 Å². The Kier molecular flexibility index (Phi) is 6.44. The Morgan fingerprint density at radius 1 is 1.09 bits per heavy atom. The van der Waals surface area contributed by atoms with Crippen LogP contribution in [0.1, 0.15) is 71.3 Å². The van der Waals surface area contributed by atoms with Crippen molar-refractivity contribution in [3.05, 3.63) is 29.3 Å². The second-order valence-corrected chi connectivity index (χ2v) is 10.9. The van der Waals surface area contributed by atoms with E-state index in [1.54, 1.807) is 4.90 Å². The highest BCUT2D eigenvalue weighted by Crippen LogP contribution is 2.36. The van der Waals surface area contributed by atoms with Crippen molar-refractivity contribution in [3.63, 3.8) is 0 Å². The third-order valence-corrected chi connectivity index (χ3v) is 6.57. The van der Waals surface area contributed by atoms with Gasteiger partial charge in [-0.3, -0.25) is 4.79 Å². The summed E-state index contributed by atoms with van der Waals surface area (Å²) in [4.78, 5) is 29.3. The molecule has 0 N–H and O–H groups in total. The third-order valence-electron chi connectivity index (χ3n) is 6.57. The standard InChI is InChI=1S/C24H37BN2O5/c1-16-10-11-18(14-19(16)25-31-23(6,7)24(8,9)32-25)20(28)27-13-12-26(15-17(27)2)21(29)30-22(3,4)5/h10-11,14,17H,12-13,15H2,1-9H3. The summed E-state index contributed by atoms with van der Waals surface area (Å²) in [5, 5.41) is 0. The van der Waals surface area contributed by atoms with Crippen molar-refractivity contribution in [2.45, 2.75) is 85.2 Å². The minimum Gasteiger partial charge on any atom is -0.444 e. The van der Waals surface area contributed by atoms with Gasteiger partial charge in [0, 0.05) is 31.2 Å². The Hall–Kier alpha value is -2.06. The molecule has 2 saturated heterocycles. The smallest absolute Gasteiger partial charge is 0.444 e. The summed E-state index contributed by atoms with van der Waals surface area (Å²) in [5.41, 5.74) is 1.04. The average Bonchev–Trinajstić information content (AvgIpc) is 2.87. The van der Waals surface area contributed by atoms with E-state index in [1.165, 1.54) is 0 Å². The van der Waals surface area contributed by atoms with Crippen LogP contribution in [0.3, 0.4) is 0 Å². The molecule has 1 unspecified atom stereocenters. The molecule has 0 bridgehead atoms. The van der Waals surface area contributed by atoms with Gasteiger partial charge in [0.25, 0.3) is 5.91 Å². The SMILES string of the molecule is Cc1ccc(C(=O)N2CCN(C(=O)OC(C)(C)C)CC2C)cc1B1OC(C)(C)C(C)(C)O1. The van der Waals surface area contributed by atoms with Gasteiger partial charge in [0.15, 0.2) is 0 Å². The van der Waals surface area contributed by atoms with E-state index in [2.05, 4.69) is 0 Å². The van der Waals surface area contributed by atoms with Gasteiger partial charge in [0.1, 0.15) is 5.60 Å². The number of hydrogen-bond donors (Lipinski definition) is 0. The highest BCUT2D eigenvalue weighted by atomic mass is 16.7. The number of carbonyl (C=O) groups excluding carboxylic acids is 2. The number of amides is 2. The summed E-state index contributed by atoms with van der Waals surface area (Å²) in [6.45, 7) is 18.9. The number of hydrogen-bond acceptors (Lipinski definition) is 5. The van der Waals surface area contributed by atoms with E-state index in [4.69, 9.17) is 14.0 Å². The van der Waals surface area contributed by atoms with E-state index in [1.807, 2.05) is 85.4 Å². The summed E-state index contributed by atoms with van der Waals surface area (Å²) < 4.78 is 17.9. The minimum atomic E-state index is -0.543. The fraction of sp³-hybridized carbons (Fsp3) is 0.667.